The molecule has 4 saturated carbocycles. The molecule has 57 heavy (non-hydrogen) atoms. The number of amides is 4. The molecule has 3 aliphatic heterocycles. The van der Waals surface area contributed by atoms with Gasteiger partial charge in [-0.3, -0.25) is 24.0 Å². The molecule has 15 heteroatoms. The second kappa shape index (κ2) is 13.6. The molecule has 306 valence electrons. The molecular weight excluding hydrogens is 751 g/mol. The molecule has 1 aromatic heterocycles. The van der Waals surface area contributed by atoms with Gasteiger partial charge < -0.3 is 24.8 Å². The maximum absolute atomic E-state index is 15.1. The SMILES string of the molecule is COc1ccc2nc(C3CC3)c3c(c2c1)CC[C@@]1(CN2C(=O)[C@@H](N(C(=O)O)C4CC4)CCCCC/C=C\[C@@H]4C[C@@]4(C(=O)NS(=O)(=O)C4(C)CC4)NC(=O)[C@@H]2C1C)O3. The summed E-state index contributed by atoms with van der Waals surface area (Å²) in [6.45, 7) is 3.53. The molecule has 7 aliphatic rings. The van der Waals surface area contributed by atoms with Crippen molar-refractivity contribution in [2.24, 2.45) is 11.8 Å². The summed E-state index contributed by atoms with van der Waals surface area (Å²) in [4.78, 5) is 65.0. The third-order valence-electron chi connectivity index (χ3n) is 14.1. The van der Waals surface area contributed by atoms with Gasteiger partial charge >= 0.3 is 6.09 Å². The number of hydrogen-bond acceptors (Lipinski definition) is 9. The Morgan fingerprint density at radius 1 is 1.09 bits per heavy atom. The Labute approximate surface area is 333 Å². The minimum Gasteiger partial charge on any atom is -0.497 e. The number of allylic oxidation sites excluding steroid dienone is 1. The molecule has 1 saturated heterocycles. The molecule has 1 unspecified atom stereocenters. The van der Waals surface area contributed by atoms with E-state index in [1.807, 2.05) is 37.3 Å². The molecule has 0 radical (unpaired) electrons. The summed E-state index contributed by atoms with van der Waals surface area (Å²) >= 11 is 0. The number of benzene rings is 1. The van der Waals surface area contributed by atoms with Crippen LogP contribution < -0.4 is 19.5 Å². The van der Waals surface area contributed by atoms with Crippen molar-refractivity contribution < 1.29 is 42.2 Å². The van der Waals surface area contributed by atoms with Gasteiger partial charge in [0.1, 0.15) is 34.7 Å². The van der Waals surface area contributed by atoms with Gasteiger partial charge in [0.05, 0.1) is 29.6 Å². The summed E-state index contributed by atoms with van der Waals surface area (Å²) in [5.41, 5.74) is 0.165. The summed E-state index contributed by atoms with van der Waals surface area (Å²) < 4.78 is 40.6. The van der Waals surface area contributed by atoms with Gasteiger partial charge in [-0.2, -0.15) is 0 Å². The molecule has 1 spiro atoms. The fourth-order valence-electron chi connectivity index (χ4n) is 9.69. The van der Waals surface area contributed by atoms with Gasteiger partial charge in [0, 0.05) is 34.7 Å². The molecule has 2 aromatic rings. The van der Waals surface area contributed by atoms with Crippen LogP contribution in [-0.2, 0) is 30.8 Å². The van der Waals surface area contributed by atoms with E-state index in [1.54, 1.807) is 14.0 Å². The van der Waals surface area contributed by atoms with Crippen molar-refractivity contribution in [2.75, 3.05) is 13.7 Å². The van der Waals surface area contributed by atoms with E-state index in [4.69, 9.17) is 14.5 Å². The summed E-state index contributed by atoms with van der Waals surface area (Å²) in [6, 6.07) is 3.42. The van der Waals surface area contributed by atoms with Crippen LogP contribution >= 0.6 is 0 Å². The zero-order valence-electron chi connectivity index (χ0n) is 32.9. The van der Waals surface area contributed by atoms with E-state index in [1.165, 1.54) is 9.80 Å². The van der Waals surface area contributed by atoms with Crippen molar-refractivity contribution in [1.29, 1.82) is 0 Å². The number of nitrogens with zero attached hydrogens (tertiary/aromatic N) is 3. The van der Waals surface area contributed by atoms with Gasteiger partial charge in [-0.15, -0.1) is 0 Å². The highest BCUT2D eigenvalue weighted by atomic mass is 32.2. The Bertz CT molecular complexity index is 2180. The average molecular weight is 804 g/mol. The van der Waals surface area contributed by atoms with Crippen LogP contribution in [0.4, 0.5) is 4.79 Å². The second-order valence-electron chi connectivity index (χ2n) is 18.0. The fraction of sp³-hybridized carbons (Fsp3) is 0.643. The lowest BCUT2D eigenvalue weighted by Gasteiger charge is -2.40. The second-order valence-corrected chi connectivity index (χ2v) is 20.2. The number of ether oxygens (including phenoxy) is 2. The lowest BCUT2D eigenvalue weighted by molar-refractivity contribution is -0.144. The number of nitrogens with one attached hydrogen (secondary N) is 2. The van der Waals surface area contributed by atoms with Crippen molar-refractivity contribution in [2.45, 2.75) is 144 Å². The predicted octanol–water partition coefficient (Wildman–Crippen LogP) is 4.94. The highest BCUT2D eigenvalue weighted by molar-refractivity contribution is 7.91. The van der Waals surface area contributed by atoms with E-state index in [0.29, 0.717) is 69.3 Å². The number of methoxy groups -OCH3 is 1. The number of aromatic nitrogens is 1. The number of fused-ring (bicyclic) bond motifs is 5. The van der Waals surface area contributed by atoms with Crippen molar-refractivity contribution in [1.82, 2.24) is 24.8 Å². The summed E-state index contributed by atoms with van der Waals surface area (Å²) in [7, 11) is -2.38. The molecule has 5 fully saturated rings. The Kier molecular flexibility index (Phi) is 9.09. The monoisotopic (exact) mass is 803 g/mol. The third kappa shape index (κ3) is 6.51. The number of pyridine rings is 1. The van der Waals surface area contributed by atoms with Crippen LogP contribution in [0.25, 0.3) is 10.9 Å². The van der Waals surface area contributed by atoms with E-state index >= 15 is 4.79 Å². The quantitative estimate of drug-likeness (QED) is 0.324. The molecular formula is C42H53N5O9S. The zero-order valence-corrected chi connectivity index (χ0v) is 33.7. The first-order valence-corrected chi connectivity index (χ1v) is 22.3. The number of rotatable bonds is 7. The topological polar surface area (TPSA) is 185 Å². The van der Waals surface area contributed by atoms with Crippen LogP contribution in [0.15, 0.2) is 30.4 Å². The standard InChI is InChI=1S/C42H53N5O9S/c1-24-34-36(48)44-42(38(50)45-57(53,54)40(2)19-20-40)22-26(42)9-7-5-4-6-8-10-32(47(39(51)52)27-13-14-27)37(49)46(34)23-41(24)18-17-29-30-21-28(55-3)15-16-31(30)43-33(25-11-12-25)35(29)56-41/h7,9,15-16,21,24-27,32,34H,4-6,8,10-14,17-20,22-23H2,1-3H3,(H,44,48)(H,45,50)(H,51,52)/b9-7-/t24?,26-,32+,34+,41+,42-/m1/s1. The maximum atomic E-state index is 15.1. The fourth-order valence-corrected chi connectivity index (χ4v) is 11.0. The molecule has 3 N–H and O–H groups in total. The zero-order chi connectivity index (χ0) is 40.1. The number of carbonyl (C=O) groups excluding carboxylic acids is 3. The van der Waals surface area contributed by atoms with Gasteiger partial charge in [0.15, 0.2) is 0 Å². The summed E-state index contributed by atoms with van der Waals surface area (Å²) in [5, 5.41) is 14.4. The van der Waals surface area contributed by atoms with Crippen LogP contribution in [0, 0.1) is 11.8 Å². The van der Waals surface area contributed by atoms with E-state index in [0.717, 1.165) is 47.8 Å². The average Bonchev–Trinajstić information content (AvgIpc) is 3.97. The molecule has 6 atom stereocenters. The molecule has 4 amide bonds. The van der Waals surface area contributed by atoms with Crippen LogP contribution in [0.3, 0.4) is 0 Å². The van der Waals surface area contributed by atoms with E-state index < -0.39 is 73.6 Å². The Hall–Kier alpha value is -4.40. The molecule has 0 bridgehead atoms. The molecule has 4 aliphatic carbocycles. The predicted molar refractivity (Wildman–Crippen MR) is 209 cm³/mol. The smallest absolute Gasteiger partial charge is 0.408 e. The van der Waals surface area contributed by atoms with Gasteiger partial charge in [-0.25, -0.2) is 18.2 Å². The van der Waals surface area contributed by atoms with Gasteiger partial charge in [-0.05, 0) is 102 Å². The van der Waals surface area contributed by atoms with Gasteiger partial charge in [0.25, 0.3) is 5.91 Å². The summed E-state index contributed by atoms with van der Waals surface area (Å²) in [6.07, 6.45) is 11.3. The first kappa shape index (κ1) is 38.1. The maximum Gasteiger partial charge on any atom is 0.408 e. The largest absolute Gasteiger partial charge is 0.497 e. The number of sulfonamides is 1. The molecule has 14 nitrogen and oxygen atoms in total. The third-order valence-corrected chi connectivity index (χ3v) is 16.2. The minimum absolute atomic E-state index is 0.0364. The first-order chi connectivity index (χ1) is 27.2. The molecule has 1 aromatic carbocycles. The molecule has 4 heterocycles. The van der Waals surface area contributed by atoms with Crippen molar-refractivity contribution >= 4 is 44.7 Å². The van der Waals surface area contributed by atoms with Crippen LogP contribution in [0.5, 0.6) is 11.5 Å². The number of aryl methyl sites for hydroxylation is 1. The van der Waals surface area contributed by atoms with Crippen molar-refractivity contribution in [3.63, 3.8) is 0 Å². The minimum atomic E-state index is -4.01. The molecule has 9 rings (SSSR count). The van der Waals surface area contributed by atoms with Crippen molar-refractivity contribution in [3.05, 3.63) is 41.6 Å². The Morgan fingerprint density at radius 2 is 1.86 bits per heavy atom. The number of hydrogen-bond donors (Lipinski definition) is 3. The van der Waals surface area contributed by atoms with Gasteiger partial charge in [0.2, 0.25) is 21.8 Å². The first-order valence-electron chi connectivity index (χ1n) is 20.8. The van der Waals surface area contributed by atoms with Crippen LogP contribution in [-0.4, -0.2) is 99.8 Å². The highest BCUT2D eigenvalue weighted by Crippen LogP contribution is 2.53. The van der Waals surface area contributed by atoms with Crippen LogP contribution in [0.1, 0.15) is 114 Å². The lowest BCUT2D eigenvalue weighted by Crippen LogP contribution is -2.60. The van der Waals surface area contributed by atoms with Crippen molar-refractivity contribution in [3.8, 4) is 11.5 Å². The number of carboxylic acid groups (broad SMARTS) is 1. The normalized spacial score (nSPS) is 32.7. The summed E-state index contributed by atoms with van der Waals surface area (Å²) in [5.74, 6) is -1.26. The number of carbonyl (C=O) groups is 4. The Balaban J connectivity index is 1.11. The van der Waals surface area contributed by atoms with E-state index in [-0.39, 0.29) is 24.9 Å². The van der Waals surface area contributed by atoms with Gasteiger partial charge in [-0.1, -0.05) is 31.9 Å². The highest BCUT2D eigenvalue weighted by Gasteiger charge is 2.65. The van der Waals surface area contributed by atoms with E-state index in [9.17, 15) is 27.9 Å². The van der Waals surface area contributed by atoms with Crippen LogP contribution in [0.2, 0.25) is 0 Å². The van der Waals surface area contributed by atoms with E-state index in [2.05, 4.69) is 10.0 Å². The lowest BCUT2D eigenvalue weighted by atomic mass is 9.80. The Morgan fingerprint density at radius 3 is 2.54 bits per heavy atom.